The number of benzene rings is 2. The van der Waals surface area contributed by atoms with Gasteiger partial charge in [-0.25, -0.2) is 0 Å². The second-order valence-corrected chi connectivity index (χ2v) is 12.9. The molecule has 4 rings (SSSR count). The van der Waals surface area contributed by atoms with Crippen LogP contribution in [-0.4, -0.2) is 60.8 Å². The molecule has 2 heterocycles. The average molecular weight is 546 g/mol. The van der Waals surface area contributed by atoms with Gasteiger partial charge < -0.3 is 4.90 Å². The highest BCUT2D eigenvalue weighted by Gasteiger charge is 2.28. The highest BCUT2D eigenvalue weighted by molar-refractivity contribution is 7.86. The molecule has 0 fully saturated rings. The van der Waals surface area contributed by atoms with E-state index in [9.17, 15) is 16.8 Å². The Morgan fingerprint density at radius 3 is 2.24 bits per heavy atom. The SMILES string of the molecule is Cc1ccc2c(c1)CC(=CC=CC1=[N+](CCCS(=O)(=O)O)c3ccc(C)cc3C1)N2CCCS(=O)(=O)O. The molecule has 8 nitrogen and oxygen atoms in total. The van der Waals surface area contributed by atoms with Crippen LogP contribution in [0.5, 0.6) is 0 Å². The molecule has 0 saturated carbocycles. The molecule has 0 atom stereocenters. The zero-order valence-corrected chi connectivity index (χ0v) is 22.7. The van der Waals surface area contributed by atoms with Gasteiger partial charge in [-0.05, 0) is 44.0 Å². The molecule has 0 spiro atoms. The van der Waals surface area contributed by atoms with Crippen LogP contribution in [0, 0.1) is 13.8 Å². The van der Waals surface area contributed by atoms with Gasteiger partial charge in [0.2, 0.25) is 5.69 Å². The predicted molar refractivity (Wildman–Crippen MR) is 146 cm³/mol. The van der Waals surface area contributed by atoms with E-state index in [4.69, 9.17) is 9.11 Å². The van der Waals surface area contributed by atoms with Gasteiger partial charge in [-0.3, -0.25) is 9.11 Å². The van der Waals surface area contributed by atoms with E-state index in [0.29, 0.717) is 25.9 Å². The molecule has 0 aliphatic carbocycles. The Balaban J connectivity index is 1.58. The number of allylic oxidation sites excluding steroid dienone is 4. The van der Waals surface area contributed by atoms with Crippen molar-refractivity contribution in [2.24, 2.45) is 0 Å². The van der Waals surface area contributed by atoms with Crippen molar-refractivity contribution in [3.05, 3.63) is 82.6 Å². The number of nitrogens with zero attached hydrogens (tertiary/aromatic N) is 2. The summed E-state index contributed by atoms with van der Waals surface area (Å²) in [7, 11) is -8.04. The van der Waals surface area contributed by atoms with Crippen molar-refractivity contribution >= 4 is 37.3 Å². The summed E-state index contributed by atoms with van der Waals surface area (Å²) in [4.78, 5) is 2.10. The Bertz CT molecular complexity index is 1510. The first-order chi connectivity index (χ1) is 17.4. The Kier molecular flexibility index (Phi) is 8.03. The zero-order valence-electron chi connectivity index (χ0n) is 21.1. The summed E-state index contributed by atoms with van der Waals surface area (Å²) in [6.07, 6.45) is 8.09. The summed E-state index contributed by atoms with van der Waals surface area (Å²) < 4.78 is 65.3. The standard InChI is InChI=1S/C27H32N2O6S2/c1-20-8-10-26-22(16-20)18-24(28(26)12-4-14-36(30,31)32)6-3-7-25-19-23-17-21(2)9-11-27(23)29(25)13-5-15-37(33,34)35/h3,6-11,16-17H,4-5,12-15,18-19H2,1-2H3,(H-,30,31,32,33,34,35)/p+1. The van der Waals surface area contributed by atoms with Gasteiger partial charge >= 0.3 is 0 Å². The Morgan fingerprint density at radius 2 is 1.54 bits per heavy atom. The van der Waals surface area contributed by atoms with Crippen molar-refractivity contribution in [1.82, 2.24) is 0 Å². The van der Waals surface area contributed by atoms with Gasteiger partial charge in [0.05, 0.1) is 17.9 Å². The van der Waals surface area contributed by atoms with Gasteiger partial charge in [0.25, 0.3) is 20.2 Å². The molecule has 37 heavy (non-hydrogen) atoms. The van der Waals surface area contributed by atoms with Gasteiger partial charge in [0, 0.05) is 48.5 Å². The van der Waals surface area contributed by atoms with Gasteiger partial charge in [0.15, 0.2) is 5.71 Å². The number of aryl methyl sites for hydroxylation is 2. The molecular formula is C27H33N2O6S2+. The van der Waals surface area contributed by atoms with Crippen LogP contribution >= 0.6 is 0 Å². The minimum absolute atomic E-state index is 0.290. The molecule has 2 aromatic rings. The molecular weight excluding hydrogens is 512 g/mol. The summed E-state index contributed by atoms with van der Waals surface area (Å²) in [5.41, 5.74) is 8.83. The van der Waals surface area contributed by atoms with Gasteiger partial charge in [-0.15, -0.1) is 0 Å². The summed E-state index contributed by atoms with van der Waals surface area (Å²) in [6.45, 7) is 5.02. The lowest BCUT2D eigenvalue weighted by atomic mass is 10.1. The summed E-state index contributed by atoms with van der Waals surface area (Å²) in [5, 5.41) is 0. The maximum Gasteiger partial charge on any atom is 0.265 e. The molecule has 0 amide bonds. The minimum atomic E-state index is -4.02. The highest BCUT2D eigenvalue weighted by atomic mass is 32.2. The molecule has 10 heteroatoms. The maximum absolute atomic E-state index is 11.2. The molecule has 2 aliphatic rings. The molecule has 0 unspecified atom stereocenters. The van der Waals surface area contributed by atoms with Crippen LogP contribution in [0.1, 0.15) is 35.1 Å². The van der Waals surface area contributed by atoms with E-state index in [-0.39, 0.29) is 11.5 Å². The van der Waals surface area contributed by atoms with Crippen molar-refractivity contribution in [3.8, 4) is 0 Å². The molecule has 2 aliphatic heterocycles. The van der Waals surface area contributed by atoms with Crippen LogP contribution in [0.25, 0.3) is 0 Å². The largest absolute Gasteiger partial charge is 0.345 e. The lowest BCUT2D eigenvalue weighted by Crippen LogP contribution is -2.22. The molecule has 2 N–H and O–H groups in total. The van der Waals surface area contributed by atoms with Crippen LogP contribution in [0.3, 0.4) is 0 Å². The fourth-order valence-electron chi connectivity index (χ4n) is 5.04. The fourth-order valence-corrected chi connectivity index (χ4v) is 6.02. The van der Waals surface area contributed by atoms with E-state index in [0.717, 1.165) is 46.8 Å². The van der Waals surface area contributed by atoms with Crippen molar-refractivity contribution in [2.75, 3.05) is 29.5 Å². The number of hydrogen-bond acceptors (Lipinski definition) is 5. The van der Waals surface area contributed by atoms with E-state index >= 15 is 0 Å². The second kappa shape index (κ2) is 10.9. The van der Waals surface area contributed by atoms with E-state index < -0.39 is 20.2 Å². The lowest BCUT2D eigenvalue weighted by molar-refractivity contribution is -0.436. The first kappa shape index (κ1) is 27.3. The van der Waals surface area contributed by atoms with Crippen molar-refractivity contribution in [3.63, 3.8) is 0 Å². The van der Waals surface area contributed by atoms with Crippen LogP contribution in [0.4, 0.5) is 11.4 Å². The first-order valence-electron chi connectivity index (χ1n) is 12.3. The van der Waals surface area contributed by atoms with Crippen molar-refractivity contribution < 1.29 is 30.5 Å². The molecule has 2 aromatic carbocycles. The van der Waals surface area contributed by atoms with Crippen LogP contribution in [0.15, 0.2) is 60.3 Å². The normalized spacial score (nSPS) is 16.8. The van der Waals surface area contributed by atoms with Crippen LogP contribution in [-0.2, 0) is 33.1 Å². The zero-order chi connectivity index (χ0) is 26.8. The van der Waals surface area contributed by atoms with Gasteiger partial charge in [-0.1, -0.05) is 35.4 Å². The third kappa shape index (κ3) is 7.16. The van der Waals surface area contributed by atoms with Gasteiger partial charge in [-0.2, -0.15) is 21.4 Å². The van der Waals surface area contributed by atoms with E-state index in [1.807, 2.05) is 56.3 Å². The topological polar surface area (TPSA) is 115 Å². The third-order valence-electron chi connectivity index (χ3n) is 6.63. The summed E-state index contributed by atoms with van der Waals surface area (Å²) in [5.74, 6) is -0.579. The first-order valence-corrected chi connectivity index (χ1v) is 15.5. The minimum Gasteiger partial charge on any atom is -0.345 e. The summed E-state index contributed by atoms with van der Waals surface area (Å²) >= 11 is 0. The quantitative estimate of drug-likeness (QED) is 0.343. The smallest absolute Gasteiger partial charge is 0.265 e. The molecule has 0 radical (unpaired) electrons. The number of anilines is 1. The molecule has 0 aromatic heterocycles. The van der Waals surface area contributed by atoms with E-state index in [2.05, 4.69) is 21.6 Å². The van der Waals surface area contributed by atoms with Crippen molar-refractivity contribution in [2.45, 2.75) is 39.5 Å². The highest BCUT2D eigenvalue weighted by Crippen LogP contribution is 2.35. The van der Waals surface area contributed by atoms with Gasteiger partial charge in [0.1, 0.15) is 6.54 Å². The Labute approximate surface area is 219 Å². The molecule has 0 saturated heterocycles. The monoisotopic (exact) mass is 545 g/mol. The van der Waals surface area contributed by atoms with Crippen molar-refractivity contribution in [1.29, 1.82) is 0 Å². The maximum atomic E-state index is 11.2. The number of rotatable bonds is 10. The lowest BCUT2D eigenvalue weighted by Gasteiger charge is -2.21. The van der Waals surface area contributed by atoms with E-state index in [1.54, 1.807) is 0 Å². The Morgan fingerprint density at radius 1 is 0.892 bits per heavy atom. The third-order valence-corrected chi connectivity index (χ3v) is 8.24. The number of fused-ring (bicyclic) bond motifs is 2. The second-order valence-electron chi connectivity index (χ2n) is 9.71. The average Bonchev–Trinajstić information content (AvgIpc) is 3.29. The Hall–Kier alpha value is -2.79. The molecule has 0 bridgehead atoms. The number of hydrogen-bond donors (Lipinski definition) is 2. The summed E-state index contributed by atoms with van der Waals surface area (Å²) in [6, 6.07) is 12.4. The van der Waals surface area contributed by atoms with E-state index in [1.165, 1.54) is 11.1 Å². The molecule has 198 valence electrons. The van der Waals surface area contributed by atoms with Crippen LogP contribution < -0.4 is 4.90 Å². The fraction of sp³-hybridized carbons (Fsp3) is 0.370. The predicted octanol–water partition coefficient (Wildman–Crippen LogP) is 4.00. The van der Waals surface area contributed by atoms with Crippen LogP contribution in [0.2, 0.25) is 0 Å².